The number of methoxy groups -OCH3 is 1. The summed E-state index contributed by atoms with van der Waals surface area (Å²) in [7, 11) is -2.29. The summed E-state index contributed by atoms with van der Waals surface area (Å²) in [5.41, 5.74) is 0.742. The van der Waals surface area contributed by atoms with Crippen molar-refractivity contribution < 1.29 is 17.7 Å². The fraction of sp³-hybridized carbons (Fsp3) is 0.263. The second kappa shape index (κ2) is 7.95. The van der Waals surface area contributed by atoms with Crippen LogP contribution in [0.3, 0.4) is 0 Å². The molecule has 1 saturated heterocycles. The molecule has 0 bridgehead atoms. The summed E-state index contributed by atoms with van der Waals surface area (Å²) in [6.07, 6.45) is 1.24. The SMILES string of the molecule is COc1ccc(-c2noc(C3CCCN3S(=O)(=O)c3cc(Cl)ccc3Cl)n2)cc1. The van der Waals surface area contributed by atoms with Crippen molar-refractivity contribution in [2.45, 2.75) is 23.8 Å². The van der Waals surface area contributed by atoms with Crippen LogP contribution in [0.25, 0.3) is 11.4 Å². The van der Waals surface area contributed by atoms with E-state index in [1.165, 1.54) is 16.4 Å². The molecule has 0 aliphatic carbocycles. The number of benzene rings is 2. The van der Waals surface area contributed by atoms with Gasteiger partial charge in [0.05, 0.1) is 12.1 Å². The highest BCUT2D eigenvalue weighted by atomic mass is 35.5. The van der Waals surface area contributed by atoms with Crippen molar-refractivity contribution in [3.63, 3.8) is 0 Å². The summed E-state index contributed by atoms with van der Waals surface area (Å²) in [4.78, 5) is 4.40. The third-order valence-electron chi connectivity index (χ3n) is 4.76. The summed E-state index contributed by atoms with van der Waals surface area (Å²) < 4.78 is 38.3. The first kappa shape index (κ1) is 20.2. The number of rotatable bonds is 5. The fourth-order valence-electron chi connectivity index (χ4n) is 3.30. The topological polar surface area (TPSA) is 85.5 Å². The van der Waals surface area contributed by atoms with Crippen LogP contribution < -0.4 is 4.74 Å². The van der Waals surface area contributed by atoms with Crippen LogP contribution in [0.4, 0.5) is 0 Å². The lowest BCUT2D eigenvalue weighted by Gasteiger charge is -2.22. The number of halogens is 2. The average Bonchev–Trinajstić information content (AvgIpc) is 3.39. The first-order valence-corrected chi connectivity index (χ1v) is 11.0. The molecule has 4 rings (SSSR count). The van der Waals surface area contributed by atoms with Gasteiger partial charge in [-0.05, 0) is 55.3 Å². The van der Waals surface area contributed by atoms with Crippen LogP contribution >= 0.6 is 23.2 Å². The number of hydrogen-bond acceptors (Lipinski definition) is 6. The van der Waals surface area contributed by atoms with Crippen molar-refractivity contribution in [1.29, 1.82) is 0 Å². The Balaban J connectivity index is 1.65. The maximum atomic E-state index is 13.2. The lowest BCUT2D eigenvalue weighted by atomic mass is 10.2. The van der Waals surface area contributed by atoms with E-state index in [-0.39, 0.29) is 15.8 Å². The Morgan fingerprint density at radius 2 is 1.93 bits per heavy atom. The van der Waals surface area contributed by atoms with E-state index < -0.39 is 16.1 Å². The van der Waals surface area contributed by atoms with Gasteiger partial charge in [0.1, 0.15) is 16.7 Å². The molecule has 1 aliphatic heterocycles. The predicted octanol–water partition coefficient (Wildman–Crippen LogP) is 4.58. The van der Waals surface area contributed by atoms with Gasteiger partial charge in [0, 0.05) is 17.1 Å². The van der Waals surface area contributed by atoms with E-state index in [0.29, 0.717) is 36.0 Å². The van der Waals surface area contributed by atoms with Crippen molar-refractivity contribution in [1.82, 2.24) is 14.4 Å². The lowest BCUT2D eigenvalue weighted by Crippen LogP contribution is -2.31. The third kappa shape index (κ3) is 3.85. The molecule has 7 nitrogen and oxygen atoms in total. The summed E-state index contributed by atoms with van der Waals surface area (Å²) >= 11 is 12.1. The molecule has 10 heteroatoms. The van der Waals surface area contributed by atoms with Gasteiger partial charge < -0.3 is 9.26 Å². The minimum absolute atomic E-state index is 0.0338. The molecule has 1 aromatic heterocycles. The Morgan fingerprint density at radius 1 is 1.17 bits per heavy atom. The molecule has 2 heterocycles. The van der Waals surface area contributed by atoms with E-state index in [2.05, 4.69) is 10.1 Å². The van der Waals surface area contributed by atoms with Crippen LogP contribution in [-0.2, 0) is 10.0 Å². The smallest absolute Gasteiger partial charge is 0.245 e. The van der Waals surface area contributed by atoms with Gasteiger partial charge in [0.15, 0.2) is 0 Å². The molecule has 1 aliphatic rings. The minimum atomic E-state index is -3.88. The zero-order valence-electron chi connectivity index (χ0n) is 15.4. The van der Waals surface area contributed by atoms with E-state index in [4.69, 9.17) is 32.5 Å². The molecule has 1 fully saturated rings. The maximum absolute atomic E-state index is 13.2. The van der Waals surface area contributed by atoms with E-state index in [1.54, 1.807) is 25.3 Å². The van der Waals surface area contributed by atoms with Gasteiger partial charge in [-0.1, -0.05) is 28.4 Å². The van der Waals surface area contributed by atoms with Crippen LogP contribution in [0.2, 0.25) is 10.0 Å². The molecule has 1 unspecified atom stereocenters. The van der Waals surface area contributed by atoms with E-state index in [1.807, 2.05) is 12.1 Å². The zero-order valence-corrected chi connectivity index (χ0v) is 17.7. The van der Waals surface area contributed by atoms with E-state index in [0.717, 1.165) is 5.56 Å². The fourth-order valence-corrected chi connectivity index (χ4v) is 5.69. The highest BCUT2D eigenvalue weighted by molar-refractivity contribution is 7.89. The van der Waals surface area contributed by atoms with Crippen molar-refractivity contribution in [2.75, 3.05) is 13.7 Å². The second-order valence-electron chi connectivity index (χ2n) is 6.53. The Labute approximate surface area is 178 Å². The number of sulfonamides is 1. The quantitative estimate of drug-likeness (QED) is 0.561. The predicted molar refractivity (Wildman–Crippen MR) is 109 cm³/mol. The molecule has 0 amide bonds. The highest BCUT2D eigenvalue weighted by Crippen LogP contribution is 2.38. The number of nitrogens with zero attached hydrogens (tertiary/aromatic N) is 3. The van der Waals surface area contributed by atoms with Gasteiger partial charge in [0.25, 0.3) is 0 Å². The Bertz CT molecular complexity index is 1130. The van der Waals surface area contributed by atoms with Crippen LogP contribution in [0, 0.1) is 0 Å². The monoisotopic (exact) mass is 453 g/mol. The Hall–Kier alpha value is -2.13. The standard InChI is InChI=1S/C19H17Cl2N3O4S/c1-27-14-7-4-12(5-8-14)18-22-19(28-23-18)16-3-2-10-24(16)29(25,26)17-11-13(20)6-9-15(17)21/h4-9,11,16H,2-3,10H2,1H3. The summed E-state index contributed by atoms with van der Waals surface area (Å²) in [5, 5.41) is 4.42. The zero-order chi connectivity index (χ0) is 20.6. The van der Waals surface area contributed by atoms with Crippen molar-refractivity contribution in [3.05, 3.63) is 58.4 Å². The largest absolute Gasteiger partial charge is 0.497 e. The van der Waals surface area contributed by atoms with Gasteiger partial charge in [-0.2, -0.15) is 9.29 Å². The molecule has 0 radical (unpaired) electrons. The molecule has 3 aromatic rings. The summed E-state index contributed by atoms with van der Waals surface area (Å²) in [6.45, 7) is 0.329. The molecular formula is C19H17Cl2N3O4S. The van der Waals surface area contributed by atoms with Crippen LogP contribution in [0.1, 0.15) is 24.8 Å². The molecule has 2 aromatic carbocycles. The molecule has 0 N–H and O–H groups in total. The Morgan fingerprint density at radius 3 is 2.66 bits per heavy atom. The normalized spacial score (nSPS) is 17.6. The number of ether oxygens (including phenoxy) is 1. The number of aromatic nitrogens is 2. The van der Waals surface area contributed by atoms with Crippen molar-refractivity contribution in [3.8, 4) is 17.1 Å². The van der Waals surface area contributed by atoms with Gasteiger partial charge in [0.2, 0.25) is 21.7 Å². The van der Waals surface area contributed by atoms with Crippen LogP contribution in [0.15, 0.2) is 51.9 Å². The average molecular weight is 454 g/mol. The number of hydrogen-bond donors (Lipinski definition) is 0. The maximum Gasteiger partial charge on any atom is 0.245 e. The van der Waals surface area contributed by atoms with Crippen molar-refractivity contribution in [2.24, 2.45) is 0 Å². The van der Waals surface area contributed by atoms with Gasteiger partial charge in [-0.3, -0.25) is 0 Å². The summed E-state index contributed by atoms with van der Waals surface area (Å²) in [6, 6.07) is 11.0. The first-order valence-electron chi connectivity index (χ1n) is 8.85. The van der Waals surface area contributed by atoms with Crippen LogP contribution in [-0.4, -0.2) is 36.5 Å². The lowest BCUT2D eigenvalue weighted by molar-refractivity contribution is 0.290. The van der Waals surface area contributed by atoms with E-state index in [9.17, 15) is 8.42 Å². The molecule has 29 heavy (non-hydrogen) atoms. The second-order valence-corrected chi connectivity index (χ2v) is 9.24. The van der Waals surface area contributed by atoms with Gasteiger partial charge in [-0.15, -0.1) is 0 Å². The molecular weight excluding hydrogens is 437 g/mol. The third-order valence-corrected chi connectivity index (χ3v) is 7.38. The molecule has 1 atom stereocenters. The van der Waals surface area contributed by atoms with Gasteiger partial charge >= 0.3 is 0 Å². The Kier molecular flexibility index (Phi) is 5.52. The van der Waals surface area contributed by atoms with Gasteiger partial charge in [-0.25, -0.2) is 8.42 Å². The van der Waals surface area contributed by atoms with E-state index >= 15 is 0 Å². The van der Waals surface area contributed by atoms with Crippen LogP contribution in [0.5, 0.6) is 5.75 Å². The molecule has 0 saturated carbocycles. The minimum Gasteiger partial charge on any atom is -0.497 e. The highest BCUT2D eigenvalue weighted by Gasteiger charge is 2.40. The first-order chi connectivity index (χ1) is 13.9. The van der Waals surface area contributed by atoms with Crippen molar-refractivity contribution >= 4 is 33.2 Å². The molecule has 152 valence electrons. The molecule has 0 spiro atoms. The summed E-state index contributed by atoms with van der Waals surface area (Å²) in [5.74, 6) is 1.34.